The summed E-state index contributed by atoms with van der Waals surface area (Å²) < 4.78 is 14.2. The van der Waals surface area contributed by atoms with Crippen LogP contribution >= 0.6 is 7.82 Å². The third-order valence-corrected chi connectivity index (χ3v) is 3.19. The molecule has 0 unspecified atom stereocenters. The van der Waals surface area contributed by atoms with Gasteiger partial charge in [0.1, 0.15) is 5.75 Å². The summed E-state index contributed by atoms with van der Waals surface area (Å²) in [5.41, 5.74) is 4.73. The maximum absolute atomic E-state index is 11.3. The lowest BCUT2D eigenvalue weighted by molar-refractivity contribution is -0.129. The van der Waals surface area contributed by atoms with Crippen LogP contribution in [0.25, 0.3) is 11.1 Å². The summed E-state index contributed by atoms with van der Waals surface area (Å²) in [5.74, 6) is 0.216. The van der Waals surface area contributed by atoms with Crippen molar-refractivity contribution >= 4 is 13.8 Å². The fourth-order valence-electron chi connectivity index (χ4n) is 2.37. The Morgan fingerprint density at radius 2 is 1.70 bits per heavy atom. The van der Waals surface area contributed by atoms with Crippen molar-refractivity contribution < 1.29 is 28.8 Å². The summed E-state index contributed by atoms with van der Waals surface area (Å²) in [6.07, 6.45) is 1.99. The lowest BCUT2D eigenvalue weighted by Crippen LogP contribution is -2.04. The fourth-order valence-corrected chi connectivity index (χ4v) is 2.37. The highest BCUT2D eigenvalue weighted by molar-refractivity contribution is 7.45. The predicted molar refractivity (Wildman–Crippen MR) is 84.8 cm³/mol. The van der Waals surface area contributed by atoms with Gasteiger partial charge in [-0.15, -0.1) is 0 Å². The van der Waals surface area contributed by atoms with Gasteiger partial charge >= 0.3 is 13.8 Å². The normalized spacial score (nSPS) is 11.6. The van der Waals surface area contributed by atoms with Crippen molar-refractivity contribution in [2.45, 2.75) is 6.42 Å². The van der Waals surface area contributed by atoms with Gasteiger partial charge in [-0.05, 0) is 22.8 Å². The Morgan fingerprint density at radius 3 is 2.35 bits per heavy atom. The van der Waals surface area contributed by atoms with Crippen molar-refractivity contribution in [3.8, 4) is 16.9 Å². The zero-order chi connectivity index (χ0) is 17.0. The molecular formula is C16H15O6P. The average molecular weight is 334 g/mol. The minimum absolute atomic E-state index is 0.417. The second kappa shape index (κ2) is 6.89. The number of carbonyl (C=O) groups is 1. The largest absolute Gasteiger partial charge is 0.466 e. The number of fused-ring (bicyclic) bond motifs is 3. The molecule has 0 spiro atoms. The van der Waals surface area contributed by atoms with Crippen LogP contribution in [0.1, 0.15) is 11.1 Å². The van der Waals surface area contributed by atoms with E-state index in [4.69, 9.17) is 24.0 Å². The number of hydrogen-bond acceptors (Lipinski definition) is 3. The van der Waals surface area contributed by atoms with Crippen molar-refractivity contribution in [2.75, 3.05) is 0 Å². The molecular weight excluding hydrogens is 319 g/mol. The predicted octanol–water partition coefficient (Wildman–Crippen LogP) is 2.42. The molecule has 120 valence electrons. The molecule has 0 atom stereocenters. The molecule has 0 aromatic heterocycles. The Hall–Kier alpha value is -2.24. The van der Waals surface area contributed by atoms with Gasteiger partial charge in [0, 0.05) is 18.1 Å². The molecule has 1 aliphatic rings. The van der Waals surface area contributed by atoms with Gasteiger partial charge in [0.2, 0.25) is 0 Å². The summed E-state index contributed by atoms with van der Waals surface area (Å²) >= 11 is 0. The van der Waals surface area contributed by atoms with Gasteiger partial charge in [-0.3, -0.25) is 0 Å². The summed E-state index contributed by atoms with van der Waals surface area (Å²) in [5, 5.41) is 0. The van der Waals surface area contributed by atoms with Crippen LogP contribution in [0.3, 0.4) is 0 Å². The molecule has 0 radical (unpaired) electrons. The van der Waals surface area contributed by atoms with Crippen LogP contribution in [0.2, 0.25) is 0 Å². The standard InChI is InChI=1S/C16H12O2.H3O4P/c1-2-16(17)18-15-9-5-8-13-12-7-4-3-6-11(12)10-14(13)15;1-5(2,3)4/h2-9H,1,10H2;(H3,1,2,3,4). The van der Waals surface area contributed by atoms with Crippen molar-refractivity contribution in [3.05, 3.63) is 66.2 Å². The first kappa shape index (κ1) is 17.1. The van der Waals surface area contributed by atoms with E-state index in [0.29, 0.717) is 5.75 Å². The van der Waals surface area contributed by atoms with E-state index < -0.39 is 13.8 Å². The van der Waals surface area contributed by atoms with E-state index in [1.165, 1.54) is 17.2 Å². The van der Waals surface area contributed by atoms with Gasteiger partial charge in [-0.25, -0.2) is 9.36 Å². The molecule has 6 nitrogen and oxygen atoms in total. The van der Waals surface area contributed by atoms with E-state index >= 15 is 0 Å². The Morgan fingerprint density at radius 1 is 1.09 bits per heavy atom. The maximum atomic E-state index is 11.3. The number of benzene rings is 2. The Balaban J connectivity index is 0.000000338. The minimum atomic E-state index is -4.64. The van der Waals surface area contributed by atoms with Crippen LogP contribution in [-0.2, 0) is 15.8 Å². The molecule has 3 rings (SSSR count). The first-order chi connectivity index (χ1) is 10.8. The number of esters is 1. The van der Waals surface area contributed by atoms with Crippen LogP contribution in [0, 0.1) is 0 Å². The zero-order valence-corrected chi connectivity index (χ0v) is 12.9. The summed E-state index contributed by atoms with van der Waals surface area (Å²) in [6.45, 7) is 3.42. The van der Waals surface area contributed by atoms with Gasteiger partial charge in [0.25, 0.3) is 0 Å². The summed E-state index contributed by atoms with van der Waals surface area (Å²) in [4.78, 5) is 32.9. The highest BCUT2D eigenvalue weighted by Gasteiger charge is 2.21. The highest BCUT2D eigenvalue weighted by Crippen LogP contribution is 2.40. The monoisotopic (exact) mass is 334 g/mol. The third-order valence-electron chi connectivity index (χ3n) is 3.19. The molecule has 0 amide bonds. The zero-order valence-electron chi connectivity index (χ0n) is 12.0. The minimum Gasteiger partial charge on any atom is -0.423 e. The molecule has 2 aromatic carbocycles. The number of ether oxygens (including phenoxy) is 1. The van der Waals surface area contributed by atoms with Crippen molar-refractivity contribution in [3.63, 3.8) is 0 Å². The van der Waals surface area contributed by atoms with Crippen LogP contribution < -0.4 is 4.74 Å². The van der Waals surface area contributed by atoms with Crippen LogP contribution in [0.5, 0.6) is 5.75 Å². The number of phosphoric acid groups is 1. The van der Waals surface area contributed by atoms with E-state index in [-0.39, 0.29) is 0 Å². The Bertz CT molecular complexity index is 785. The lowest BCUT2D eigenvalue weighted by atomic mass is 10.1. The number of hydrogen-bond donors (Lipinski definition) is 3. The molecule has 0 fully saturated rings. The Labute approximate surface area is 132 Å². The van der Waals surface area contributed by atoms with Crippen LogP contribution in [0.4, 0.5) is 0 Å². The van der Waals surface area contributed by atoms with Crippen molar-refractivity contribution in [1.82, 2.24) is 0 Å². The number of carbonyl (C=O) groups excluding carboxylic acids is 1. The molecule has 0 saturated carbocycles. The Kier molecular flexibility index (Phi) is 5.13. The lowest BCUT2D eigenvalue weighted by Gasteiger charge is -2.07. The first-order valence-corrected chi connectivity index (χ1v) is 8.19. The molecule has 2 aromatic rings. The molecule has 3 N–H and O–H groups in total. The summed E-state index contributed by atoms with van der Waals surface area (Å²) in [6, 6.07) is 14.1. The topological polar surface area (TPSA) is 104 Å². The van der Waals surface area contributed by atoms with Crippen molar-refractivity contribution in [1.29, 1.82) is 0 Å². The molecule has 0 bridgehead atoms. The van der Waals surface area contributed by atoms with E-state index in [1.54, 1.807) is 0 Å². The average Bonchev–Trinajstić information content (AvgIpc) is 2.85. The van der Waals surface area contributed by atoms with Gasteiger partial charge in [0.15, 0.2) is 0 Å². The summed E-state index contributed by atoms with van der Waals surface area (Å²) in [7, 11) is -4.64. The van der Waals surface area contributed by atoms with E-state index in [0.717, 1.165) is 17.5 Å². The fraction of sp³-hybridized carbons (Fsp3) is 0.0625. The molecule has 7 heteroatoms. The molecule has 23 heavy (non-hydrogen) atoms. The first-order valence-electron chi connectivity index (χ1n) is 6.62. The second-order valence-corrected chi connectivity index (χ2v) is 5.78. The van der Waals surface area contributed by atoms with E-state index in [1.807, 2.05) is 24.3 Å². The highest BCUT2D eigenvalue weighted by atomic mass is 31.2. The quantitative estimate of drug-likeness (QED) is 0.288. The molecule has 0 aliphatic heterocycles. The smallest absolute Gasteiger partial charge is 0.423 e. The number of rotatable bonds is 2. The van der Waals surface area contributed by atoms with E-state index in [9.17, 15) is 4.79 Å². The van der Waals surface area contributed by atoms with Gasteiger partial charge < -0.3 is 19.4 Å². The second-order valence-electron chi connectivity index (χ2n) is 4.75. The molecule has 0 saturated heterocycles. The molecule has 1 aliphatic carbocycles. The van der Waals surface area contributed by atoms with Gasteiger partial charge in [-0.2, -0.15) is 0 Å². The maximum Gasteiger partial charge on any atom is 0.466 e. The third kappa shape index (κ3) is 4.61. The van der Waals surface area contributed by atoms with Crippen LogP contribution in [-0.4, -0.2) is 20.6 Å². The van der Waals surface area contributed by atoms with Crippen molar-refractivity contribution in [2.24, 2.45) is 0 Å². The van der Waals surface area contributed by atoms with Gasteiger partial charge in [-0.1, -0.05) is 43.0 Å². The molecule has 0 heterocycles. The van der Waals surface area contributed by atoms with E-state index in [2.05, 4.69) is 24.8 Å². The SMILES string of the molecule is C=CC(=O)Oc1cccc2c1Cc1ccccc1-2.O=P(O)(O)O. The van der Waals surface area contributed by atoms with Crippen LogP contribution in [0.15, 0.2) is 55.1 Å². The van der Waals surface area contributed by atoms with Gasteiger partial charge in [0.05, 0.1) is 0 Å².